The van der Waals surface area contributed by atoms with Crippen LogP contribution in [0.5, 0.6) is 0 Å². The van der Waals surface area contributed by atoms with Gasteiger partial charge in [0.05, 0.1) is 12.5 Å². The predicted octanol–water partition coefficient (Wildman–Crippen LogP) is 3.61. The van der Waals surface area contributed by atoms with E-state index in [0.717, 1.165) is 17.3 Å². The van der Waals surface area contributed by atoms with E-state index in [4.69, 9.17) is 20.8 Å². The summed E-state index contributed by atoms with van der Waals surface area (Å²) in [6.07, 6.45) is 6.28. The molecule has 1 saturated carbocycles. The minimum Gasteiger partial charge on any atom is -0.444 e. The Hall–Kier alpha value is -0.540. The Labute approximate surface area is 101 Å². The van der Waals surface area contributed by atoms with E-state index in [-0.39, 0.29) is 0 Å². The normalized spacial score (nSPS) is 17.9. The largest absolute Gasteiger partial charge is 0.444 e. The summed E-state index contributed by atoms with van der Waals surface area (Å²) in [6, 6.07) is 0. The lowest BCUT2D eigenvalue weighted by atomic mass is 9.89. The zero-order valence-corrected chi connectivity index (χ0v) is 10.4. The minimum absolute atomic E-state index is 0.373. The Morgan fingerprint density at radius 3 is 2.75 bits per heavy atom. The van der Waals surface area contributed by atoms with Gasteiger partial charge in [0.25, 0.3) is 0 Å². The van der Waals surface area contributed by atoms with Gasteiger partial charge in [0.15, 0.2) is 5.89 Å². The van der Waals surface area contributed by atoms with E-state index >= 15 is 0 Å². The Morgan fingerprint density at radius 2 is 2.12 bits per heavy atom. The lowest BCUT2D eigenvalue weighted by Gasteiger charge is -2.17. The quantitative estimate of drug-likeness (QED) is 0.758. The summed E-state index contributed by atoms with van der Waals surface area (Å²) in [5.41, 5.74) is 0.859. The number of nitrogens with zero attached hydrogens (tertiary/aromatic N) is 1. The van der Waals surface area contributed by atoms with Crippen LogP contribution >= 0.6 is 11.6 Å². The fourth-order valence-electron chi connectivity index (χ4n) is 2.28. The third-order valence-electron chi connectivity index (χ3n) is 3.15. The van der Waals surface area contributed by atoms with Crippen LogP contribution in [0.4, 0.5) is 0 Å². The molecule has 3 nitrogen and oxygen atoms in total. The summed E-state index contributed by atoms with van der Waals surface area (Å²) in [5, 5.41) is 0. The molecule has 1 aliphatic carbocycles. The SMILES string of the molecule is COCc1nc(C2CCCCC2)oc1CCl. The van der Waals surface area contributed by atoms with E-state index in [9.17, 15) is 0 Å². The molecule has 1 aromatic rings. The smallest absolute Gasteiger partial charge is 0.197 e. The molecule has 0 unspecified atom stereocenters. The average molecular weight is 244 g/mol. The summed E-state index contributed by atoms with van der Waals surface area (Å²) in [5.74, 6) is 2.49. The summed E-state index contributed by atoms with van der Waals surface area (Å²) in [4.78, 5) is 4.52. The average Bonchev–Trinajstić information content (AvgIpc) is 2.74. The highest BCUT2D eigenvalue weighted by Crippen LogP contribution is 2.33. The van der Waals surface area contributed by atoms with Crippen LogP contribution in [-0.2, 0) is 17.2 Å². The minimum atomic E-state index is 0.373. The van der Waals surface area contributed by atoms with Crippen LogP contribution in [0, 0.1) is 0 Å². The molecule has 1 fully saturated rings. The molecule has 4 heteroatoms. The van der Waals surface area contributed by atoms with Crippen LogP contribution in [-0.4, -0.2) is 12.1 Å². The number of hydrogen-bond donors (Lipinski definition) is 0. The first-order valence-electron chi connectivity index (χ1n) is 5.88. The molecule has 0 aliphatic heterocycles. The third kappa shape index (κ3) is 2.58. The summed E-state index contributed by atoms with van der Waals surface area (Å²) >= 11 is 5.83. The zero-order chi connectivity index (χ0) is 11.4. The first-order chi connectivity index (χ1) is 7.85. The number of oxazole rings is 1. The fraction of sp³-hybridized carbons (Fsp3) is 0.750. The fourth-order valence-corrected chi connectivity index (χ4v) is 2.49. The maximum atomic E-state index is 5.83. The molecule has 0 aromatic carbocycles. The monoisotopic (exact) mass is 243 g/mol. The molecule has 90 valence electrons. The standard InChI is InChI=1S/C12H18ClNO2/c1-15-8-10-11(7-13)16-12(14-10)9-5-3-2-4-6-9/h9H,2-8H2,1H3. The maximum Gasteiger partial charge on any atom is 0.197 e. The van der Waals surface area contributed by atoms with Crippen molar-refractivity contribution >= 4 is 11.6 Å². The Kier molecular flexibility index (Phi) is 4.24. The number of rotatable bonds is 4. The van der Waals surface area contributed by atoms with Gasteiger partial charge in [-0.1, -0.05) is 19.3 Å². The summed E-state index contributed by atoms with van der Waals surface area (Å²) in [6.45, 7) is 0.484. The lowest BCUT2D eigenvalue weighted by molar-refractivity contribution is 0.180. The van der Waals surface area contributed by atoms with Crippen LogP contribution in [0.15, 0.2) is 4.42 Å². The molecule has 0 radical (unpaired) electrons. The van der Waals surface area contributed by atoms with E-state index in [1.807, 2.05) is 0 Å². The molecule has 16 heavy (non-hydrogen) atoms. The lowest BCUT2D eigenvalue weighted by Crippen LogP contribution is -2.04. The molecule has 0 atom stereocenters. The van der Waals surface area contributed by atoms with Gasteiger partial charge in [0, 0.05) is 13.0 Å². The molecule has 0 amide bonds. The molecule has 0 N–H and O–H groups in total. The highest BCUT2D eigenvalue weighted by molar-refractivity contribution is 6.16. The molecule has 2 rings (SSSR count). The topological polar surface area (TPSA) is 35.3 Å². The van der Waals surface area contributed by atoms with Crippen LogP contribution in [0.25, 0.3) is 0 Å². The number of aromatic nitrogens is 1. The highest BCUT2D eigenvalue weighted by Gasteiger charge is 2.22. The molecule has 0 spiro atoms. The van der Waals surface area contributed by atoms with Crippen LogP contribution < -0.4 is 0 Å². The van der Waals surface area contributed by atoms with Gasteiger partial charge in [-0.2, -0.15) is 0 Å². The summed E-state index contributed by atoms with van der Waals surface area (Å²) < 4.78 is 10.8. The van der Waals surface area contributed by atoms with Crippen LogP contribution in [0.2, 0.25) is 0 Å². The molecule has 1 aromatic heterocycles. The second-order valence-corrected chi connectivity index (χ2v) is 4.59. The van der Waals surface area contributed by atoms with Gasteiger partial charge in [-0.05, 0) is 12.8 Å². The van der Waals surface area contributed by atoms with E-state index in [2.05, 4.69) is 4.98 Å². The van der Waals surface area contributed by atoms with Crippen molar-refractivity contribution in [3.63, 3.8) is 0 Å². The van der Waals surface area contributed by atoms with Crippen LogP contribution in [0.1, 0.15) is 55.4 Å². The van der Waals surface area contributed by atoms with Gasteiger partial charge in [0.1, 0.15) is 11.5 Å². The molecule has 1 aliphatic rings. The molecular formula is C12H18ClNO2. The Bertz CT molecular complexity index is 332. The molecule has 1 heterocycles. The first kappa shape index (κ1) is 11.9. The second-order valence-electron chi connectivity index (χ2n) is 4.32. The number of hydrogen-bond acceptors (Lipinski definition) is 3. The van der Waals surface area contributed by atoms with Gasteiger partial charge in [-0.3, -0.25) is 0 Å². The van der Waals surface area contributed by atoms with Crippen molar-refractivity contribution in [2.45, 2.75) is 50.5 Å². The van der Waals surface area contributed by atoms with E-state index in [1.54, 1.807) is 7.11 Å². The Balaban J connectivity index is 2.14. The van der Waals surface area contributed by atoms with Crippen molar-refractivity contribution in [2.75, 3.05) is 7.11 Å². The van der Waals surface area contributed by atoms with Crippen molar-refractivity contribution in [1.82, 2.24) is 4.98 Å². The van der Waals surface area contributed by atoms with Crippen molar-refractivity contribution in [1.29, 1.82) is 0 Å². The summed E-state index contributed by atoms with van der Waals surface area (Å²) in [7, 11) is 1.66. The highest BCUT2D eigenvalue weighted by atomic mass is 35.5. The van der Waals surface area contributed by atoms with Gasteiger partial charge in [-0.25, -0.2) is 4.98 Å². The van der Waals surface area contributed by atoms with Crippen molar-refractivity contribution in [3.8, 4) is 0 Å². The maximum absolute atomic E-state index is 5.83. The first-order valence-corrected chi connectivity index (χ1v) is 6.42. The van der Waals surface area contributed by atoms with E-state index in [1.165, 1.54) is 32.1 Å². The van der Waals surface area contributed by atoms with Crippen molar-refractivity contribution < 1.29 is 9.15 Å². The number of halogens is 1. The third-order valence-corrected chi connectivity index (χ3v) is 3.39. The Morgan fingerprint density at radius 1 is 1.38 bits per heavy atom. The molecular weight excluding hydrogens is 226 g/mol. The van der Waals surface area contributed by atoms with E-state index in [0.29, 0.717) is 18.4 Å². The second kappa shape index (κ2) is 5.69. The molecule has 0 bridgehead atoms. The van der Waals surface area contributed by atoms with Crippen molar-refractivity contribution in [2.24, 2.45) is 0 Å². The van der Waals surface area contributed by atoms with Crippen LogP contribution in [0.3, 0.4) is 0 Å². The van der Waals surface area contributed by atoms with Gasteiger partial charge >= 0.3 is 0 Å². The number of ether oxygens (including phenoxy) is 1. The van der Waals surface area contributed by atoms with E-state index < -0.39 is 0 Å². The zero-order valence-electron chi connectivity index (χ0n) is 9.67. The number of methoxy groups -OCH3 is 1. The predicted molar refractivity (Wildman–Crippen MR) is 62.6 cm³/mol. The van der Waals surface area contributed by atoms with Gasteiger partial charge < -0.3 is 9.15 Å². The van der Waals surface area contributed by atoms with Gasteiger partial charge in [-0.15, -0.1) is 11.6 Å². The molecule has 0 saturated heterocycles. The van der Waals surface area contributed by atoms with Crippen molar-refractivity contribution in [3.05, 3.63) is 17.3 Å². The number of alkyl halides is 1. The van der Waals surface area contributed by atoms with Gasteiger partial charge in [0.2, 0.25) is 0 Å².